The van der Waals surface area contributed by atoms with Crippen molar-refractivity contribution < 1.29 is 9.90 Å². The normalized spacial score (nSPS) is 24.6. The lowest BCUT2D eigenvalue weighted by Crippen LogP contribution is -2.21. The molecule has 1 heterocycles. The highest BCUT2D eigenvalue weighted by Crippen LogP contribution is 2.33. The lowest BCUT2D eigenvalue weighted by atomic mass is 9.88. The summed E-state index contributed by atoms with van der Waals surface area (Å²) in [7, 11) is 0. The van der Waals surface area contributed by atoms with E-state index in [1.54, 1.807) is 0 Å². The number of halogens is 1. The van der Waals surface area contributed by atoms with Gasteiger partial charge in [-0.3, -0.25) is 4.79 Å². The van der Waals surface area contributed by atoms with E-state index in [2.05, 4.69) is 5.32 Å². The molecule has 0 unspecified atom stereocenters. The van der Waals surface area contributed by atoms with Crippen LogP contribution in [0.15, 0.2) is 18.2 Å². The van der Waals surface area contributed by atoms with Crippen LogP contribution in [0.5, 0.6) is 0 Å². The molecule has 3 nitrogen and oxygen atoms in total. The molecular formula is C12H14ClNO2. The summed E-state index contributed by atoms with van der Waals surface area (Å²) in [5.41, 5.74) is 2.02. The maximum Gasteiger partial charge on any atom is 0.308 e. The van der Waals surface area contributed by atoms with Gasteiger partial charge in [-0.15, -0.1) is 0 Å². The molecule has 0 spiro atoms. The summed E-state index contributed by atoms with van der Waals surface area (Å²) in [4.78, 5) is 11.1. The molecule has 2 atom stereocenters. The number of carbonyl (C=O) groups is 1. The number of nitrogens with one attached hydrogen (secondary N) is 1. The Morgan fingerprint density at radius 2 is 2.25 bits per heavy atom. The molecule has 16 heavy (non-hydrogen) atoms. The van der Waals surface area contributed by atoms with Crippen LogP contribution < -0.4 is 5.32 Å². The summed E-state index contributed by atoms with van der Waals surface area (Å²) in [6, 6.07) is 5.79. The molecule has 1 aromatic carbocycles. The molecule has 0 amide bonds. The van der Waals surface area contributed by atoms with Crippen molar-refractivity contribution in [3.8, 4) is 0 Å². The minimum atomic E-state index is -0.758. The first-order valence-corrected chi connectivity index (χ1v) is 5.67. The van der Waals surface area contributed by atoms with Gasteiger partial charge in [0.05, 0.1) is 5.92 Å². The molecule has 0 bridgehead atoms. The van der Waals surface area contributed by atoms with Crippen molar-refractivity contribution in [3.05, 3.63) is 34.3 Å². The maximum absolute atomic E-state index is 11.1. The van der Waals surface area contributed by atoms with Crippen molar-refractivity contribution in [2.45, 2.75) is 12.8 Å². The lowest BCUT2D eigenvalue weighted by Gasteiger charge is -2.16. The first-order valence-electron chi connectivity index (χ1n) is 5.29. The zero-order chi connectivity index (χ0) is 11.7. The van der Waals surface area contributed by atoms with Gasteiger partial charge in [0.25, 0.3) is 0 Å². The number of hydrogen-bond acceptors (Lipinski definition) is 2. The monoisotopic (exact) mass is 239 g/mol. The third kappa shape index (κ3) is 2.06. The van der Waals surface area contributed by atoms with Crippen molar-refractivity contribution in [1.29, 1.82) is 0 Å². The Hall–Kier alpha value is -1.06. The second-order valence-corrected chi connectivity index (χ2v) is 4.64. The molecule has 1 aromatic rings. The third-order valence-corrected chi connectivity index (χ3v) is 3.41. The van der Waals surface area contributed by atoms with Gasteiger partial charge in [-0.2, -0.15) is 0 Å². The molecule has 1 saturated heterocycles. The van der Waals surface area contributed by atoms with Gasteiger partial charge in [-0.25, -0.2) is 0 Å². The summed E-state index contributed by atoms with van der Waals surface area (Å²) < 4.78 is 0. The van der Waals surface area contributed by atoms with Gasteiger partial charge in [0.2, 0.25) is 0 Å². The van der Waals surface area contributed by atoms with E-state index in [1.165, 1.54) is 0 Å². The molecule has 1 aliphatic rings. The van der Waals surface area contributed by atoms with Gasteiger partial charge in [0, 0.05) is 24.0 Å². The predicted molar refractivity (Wildman–Crippen MR) is 62.9 cm³/mol. The average molecular weight is 240 g/mol. The fraction of sp³-hybridized carbons (Fsp3) is 0.417. The van der Waals surface area contributed by atoms with Gasteiger partial charge in [-0.05, 0) is 24.1 Å². The molecule has 0 saturated carbocycles. The van der Waals surface area contributed by atoms with Crippen LogP contribution in [0, 0.1) is 12.8 Å². The number of carboxylic acid groups (broad SMARTS) is 1. The summed E-state index contributed by atoms with van der Waals surface area (Å²) in [6.07, 6.45) is 0. The van der Waals surface area contributed by atoms with E-state index in [0.29, 0.717) is 18.1 Å². The number of benzene rings is 1. The second-order valence-electron chi connectivity index (χ2n) is 4.23. The molecule has 1 aliphatic heterocycles. The Morgan fingerprint density at radius 1 is 1.50 bits per heavy atom. The highest BCUT2D eigenvalue weighted by molar-refractivity contribution is 6.31. The molecule has 86 valence electrons. The SMILES string of the molecule is Cc1ccc([C@H]2CNC[C@@H]2C(=O)O)c(Cl)c1. The van der Waals surface area contributed by atoms with Crippen LogP contribution in [0.25, 0.3) is 0 Å². The van der Waals surface area contributed by atoms with E-state index in [1.807, 2.05) is 25.1 Å². The number of rotatable bonds is 2. The van der Waals surface area contributed by atoms with E-state index >= 15 is 0 Å². The maximum atomic E-state index is 11.1. The first-order chi connectivity index (χ1) is 7.59. The summed E-state index contributed by atoms with van der Waals surface area (Å²) in [5, 5.41) is 12.9. The van der Waals surface area contributed by atoms with Crippen LogP contribution in [0.1, 0.15) is 17.0 Å². The van der Waals surface area contributed by atoms with Gasteiger partial charge in [0.15, 0.2) is 0 Å². The van der Waals surface area contributed by atoms with E-state index in [9.17, 15) is 4.79 Å². The Labute approximate surface area is 99.4 Å². The quantitative estimate of drug-likeness (QED) is 0.830. The summed E-state index contributed by atoms with van der Waals surface area (Å²) in [5.74, 6) is -1.16. The van der Waals surface area contributed by atoms with Crippen LogP contribution in [0.4, 0.5) is 0 Å². The first kappa shape index (κ1) is 11.4. The zero-order valence-electron chi connectivity index (χ0n) is 9.03. The number of hydrogen-bond donors (Lipinski definition) is 2. The largest absolute Gasteiger partial charge is 0.481 e. The van der Waals surface area contributed by atoms with Crippen LogP contribution in [-0.4, -0.2) is 24.2 Å². The van der Waals surface area contributed by atoms with Crippen molar-refractivity contribution in [1.82, 2.24) is 5.32 Å². The Morgan fingerprint density at radius 3 is 2.88 bits per heavy atom. The van der Waals surface area contributed by atoms with Gasteiger partial charge < -0.3 is 10.4 Å². The van der Waals surface area contributed by atoms with Gasteiger partial charge in [-0.1, -0.05) is 23.7 Å². The summed E-state index contributed by atoms with van der Waals surface area (Å²) in [6.45, 7) is 3.17. The van der Waals surface area contributed by atoms with Crippen molar-refractivity contribution in [3.63, 3.8) is 0 Å². The fourth-order valence-electron chi connectivity index (χ4n) is 2.20. The van der Waals surface area contributed by atoms with Crippen LogP contribution in [-0.2, 0) is 4.79 Å². The molecule has 0 radical (unpaired) electrons. The van der Waals surface area contributed by atoms with Crippen LogP contribution in [0.3, 0.4) is 0 Å². The van der Waals surface area contributed by atoms with E-state index < -0.39 is 5.97 Å². The average Bonchev–Trinajstić information content (AvgIpc) is 2.66. The molecule has 1 fully saturated rings. The lowest BCUT2D eigenvalue weighted by molar-refractivity contribution is -0.141. The topological polar surface area (TPSA) is 49.3 Å². The molecule has 0 aromatic heterocycles. The van der Waals surface area contributed by atoms with Crippen molar-refractivity contribution in [2.75, 3.05) is 13.1 Å². The Balaban J connectivity index is 2.32. The van der Waals surface area contributed by atoms with E-state index in [-0.39, 0.29) is 11.8 Å². The van der Waals surface area contributed by atoms with Gasteiger partial charge >= 0.3 is 5.97 Å². The van der Waals surface area contributed by atoms with Gasteiger partial charge in [0.1, 0.15) is 0 Å². The zero-order valence-corrected chi connectivity index (χ0v) is 9.79. The molecule has 2 rings (SSSR count). The summed E-state index contributed by atoms with van der Waals surface area (Å²) >= 11 is 6.16. The standard InChI is InChI=1S/C12H14ClNO2/c1-7-2-3-8(11(13)4-7)9-5-14-6-10(9)12(15)16/h2-4,9-10,14H,5-6H2,1H3,(H,15,16)/t9-,10+/m1/s1. The Bertz CT molecular complexity index is 419. The third-order valence-electron chi connectivity index (χ3n) is 3.09. The van der Waals surface area contributed by atoms with E-state index in [0.717, 1.165) is 11.1 Å². The number of carboxylic acids is 1. The van der Waals surface area contributed by atoms with Crippen molar-refractivity contribution >= 4 is 17.6 Å². The number of aliphatic carboxylic acids is 1. The van der Waals surface area contributed by atoms with Crippen molar-refractivity contribution in [2.24, 2.45) is 5.92 Å². The minimum absolute atomic E-state index is 0.0226. The molecular weight excluding hydrogens is 226 g/mol. The molecule has 0 aliphatic carbocycles. The predicted octanol–water partition coefficient (Wildman–Crippen LogP) is 2.04. The minimum Gasteiger partial charge on any atom is -0.481 e. The smallest absolute Gasteiger partial charge is 0.308 e. The number of aryl methyl sites for hydroxylation is 1. The highest BCUT2D eigenvalue weighted by atomic mass is 35.5. The molecule has 4 heteroatoms. The van der Waals surface area contributed by atoms with Crippen LogP contribution >= 0.6 is 11.6 Å². The Kier molecular flexibility index (Phi) is 3.17. The fourth-order valence-corrected chi connectivity index (χ4v) is 2.57. The molecule has 2 N–H and O–H groups in total. The second kappa shape index (κ2) is 4.44. The van der Waals surface area contributed by atoms with E-state index in [4.69, 9.17) is 16.7 Å². The van der Waals surface area contributed by atoms with Crippen LogP contribution in [0.2, 0.25) is 5.02 Å². The highest BCUT2D eigenvalue weighted by Gasteiger charge is 2.34.